The quantitative estimate of drug-likeness (QED) is 0.815. The van der Waals surface area contributed by atoms with Gasteiger partial charge in [0.05, 0.1) is 17.6 Å². The summed E-state index contributed by atoms with van der Waals surface area (Å²) in [4.78, 5) is 14.5. The van der Waals surface area contributed by atoms with Crippen molar-refractivity contribution in [1.82, 2.24) is 4.90 Å². The molecule has 0 spiro atoms. The van der Waals surface area contributed by atoms with E-state index in [0.29, 0.717) is 38.5 Å². The number of carbonyl (C=O) groups is 1. The summed E-state index contributed by atoms with van der Waals surface area (Å²) in [6, 6.07) is 2.72. The second-order valence-electron chi connectivity index (χ2n) is 6.88. The van der Waals surface area contributed by atoms with Gasteiger partial charge in [-0.1, -0.05) is 19.9 Å². The summed E-state index contributed by atoms with van der Waals surface area (Å²) >= 11 is 0. The highest BCUT2D eigenvalue weighted by Crippen LogP contribution is 2.33. The molecule has 0 bridgehead atoms. The van der Waals surface area contributed by atoms with E-state index in [1.54, 1.807) is 13.8 Å². The Hall–Kier alpha value is -1.47. The molecule has 1 aliphatic rings. The van der Waals surface area contributed by atoms with Crippen molar-refractivity contribution in [3.63, 3.8) is 0 Å². The monoisotopic (exact) mass is 361 g/mol. The smallest absolute Gasteiger partial charge is 0.393 e. The van der Waals surface area contributed by atoms with Crippen LogP contribution in [0.2, 0.25) is 0 Å². The number of Topliss-reactive ketones (excluding diaryl/α,β-unsaturated/α-hetero) is 1. The van der Waals surface area contributed by atoms with Gasteiger partial charge in [-0.25, -0.2) is 4.39 Å². The summed E-state index contributed by atoms with van der Waals surface area (Å²) in [5, 5.41) is 9.57. The van der Waals surface area contributed by atoms with Crippen molar-refractivity contribution >= 4 is 5.78 Å². The highest BCUT2D eigenvalue weighted by molar-refractivity contribution is 5.87. The number of ketones is 1. The highest BCUT2D eigenvalue weighted by Gasteiger charge is 2.35. The van der Waals surface area contributed by atoms with Crippen LogP contribution in [0.5, 0.6) is 0 Å². The van der Waals surface area contributed by atoms with Crippen LogP contribution in [-0.2, 0) is 11.0 Å². The molecule has 1 saturated heterocycles. The number of likely N-dealkylation sites (tertiary alicyclic amines) is 1. The molecule has 3 nitrogen and oxygen atoms in total. The minimum absolute atomic E-state index is 0.134. The van der Waals surface area contributed by atoms with Crippen LogP contribution in [-0.4, -0.2) is 41.5 Å². The Labute approximate surface area is 144 Å². The van der Waals surface area contributed by atoms with E-state index in [-0.39, 0.29) is 23.4 Å². The third kappa shape index (κ3) is 5.01. The van der Waals surface area contributed by atoms with E-state index >= 15 is 0 Å². The average Bonchev–Trinajstić information content (AvgIpc) is 2.52. The largest absolute Gasteiger partial charge is 0.419 e. The zero-order valence-corrected chi connectivity index (χ0v) is 14.3. The van der Waals surface area contributed by atoms with E-state index in [1.807, 2.05) is 4.90 Å². The van der Waals surface area contributed by atoms with Crippen molar-refractivity contribution in [1.29, 1.82) is 0 Å². The molecule has 140 valence electrons. The van der Waals surface area contributed by atoms with Gasteiger partial charge in [0.15, 0.2) is 0 Å². The van der Waals surface area contributed by atoms with Crippen LogP contribution in [0.25, 0.3) is 0 Å². The van der Waals surface area contributed by atoms with Gasteiger partial charge < -0.3 is 10.0 Å². The second kappa shape index (κ2) is 7.83. The van der Waals surface area contributed by atoms with Gasteiger partial charge in [-0.2, -0.15) is 13.2 Å². The normalized spacial score (nSPS) is 18.6. The standard InChI is InChI=1S/C18H23F4NO2/c1-11(2)17(25)14(10-23-7-5-13(24)6-8-23)12-3-4-15(16(19)9-12)18(20,21)22/h3-4,9,11,13-14,24H,5-8,10H2,1-2H3/t14-/m1/s1. The van der Waals surface area contributed by atoms with Crippen LogP contribution in [0.3, 0.4) is 0 Å². The summed E-state index contributed by atoms with van der Waals surface area (Å²) in [6.45, 7) is 4.96. The number of nitrogens with zero attached hydrogens (tertiary/aromatic N) is 1. The molecule has 25 heavy (non-hydrogen) atoms. The molecule has 1 aromatic rings. The van der Waals surface area contributed by atoms with Crippen molar-refractivity contribution in [3.8, 4) is 0 Å². The molecule has 1 aromatic carbocycles. The first-order valence-electron chi connectivity index (χ1n) is 8.40. The van der Waals surface area contributed by atoms with E-state index < -0.39 is 23.5 Å². The molecule has 0 aromatic heterocycles. The van der Waals surface area contributed by atoms with Crippen LogP contribution in [0.4, 0.5) is 17.6 Å². The van der Waals surface area contributed by atoms with Gasteiger partial charge >= 0.3 is 6.18 Å². The fourth-order valence-electron chi connectivity index (χ4n) is 3.10. The minimum Gasteiger partial charge on any atom is -0.393 e. The fraction of sp³-hybridized carbons (Fsp3) is 0.611. The topological polar surface area (TPSA) is 40.5 Å². The molecule has 0 amide bonds. The Morgan fingerprint density at radius 2 is 1.88 bits per heavy atom. The van der Waals surface area contributed by atoms with E-state index in [9.17, 15) is 27.5 Å². The lowest BCUT2D eigenvalue weighted by Gasteiger charge is -2.32. The first-order valence-corrected chi connectivity index (χ1v) is 8.40. The Balaban J connectivity index is 2.26. The van der Waals surface area contributed by atoms with Crippen molar-refractivity contribution in [2.24, 2.45) is 5.92 Å². The summed E-state index contributed by atoms with van der Waals surface area (Å²) < 4.78 is 52.1. The lowest BCUT2D eigenvalue weighted by atomic mass is 9.87. The zero-order valence-electron chi connectivity index (χ0n) is 14.3. The third-order valence-corrected chi connectivity index (χ3v) is 4.61. The first-order chi connectivity index (χ1) is 11.6. The first kappa shape index (κ1) is 19.8. The van der Waals surface area contributed by atoms with E-state index in [1.165, 1.54) is 6.07 Å². The second-order valence-corrected chi connectivity index (χ2v) is 6.88. The van der Waals surface area contributed by atoms with Crippen molar-refractivity contribution < 1.29 is 27.5 Å². The van der Waals surface area contributed by atoms with Crippen molar-refractivity contribution in [2.45, 2.75) is 44.9 Å². The number of aliphatic hydroxyl groups is 1. The molecule has 1 heterocycles. The molecule has 0 saturated carbocycles. The number of benzene rings is 1. The molecule has 0 unspecified atom stereocenters. The predicted octanol–water partition coefficient (Wildman–Crippen LogP) is 3.61. The number of rotatable bonds is 5. The number of halogens is 4. The average molecular weight is 361 g/mol. The lowest BCUT2D eigenvalue weighted by Crippen LogP contribution is -2.40. The van der Waals surface area contributed by atoms with Crippen molar-refractivity contribution in [2.75, 3.05) is 19.6 Å². The van der Waals surface area contributed by atoms with Crippen LogP contribution < -0.4 is 0 Å². The molecule has 0 aliphatic carbocycles. The number of aliphatic hydroxyl groups excluding tert-OH is 1. The van der Waals surface area contributed by atoms with Crippen LogP contribution in [0, 0.1) is 11.7 Å². The number of alkyl halides is 3. The van der Waals surface area contributed by atoms with Crippen molar-refractivity contribution in [3.05, 3.63) is 35.1 Å². The number of piperidine rings is 1. The third-order valence-electron chi connectivity index (χ3n) is 4.61. The predicted molar refractivity (Wildman–Crippen MR) is 85.7 cm³/mol. The number of carbonyl (C=O) groups excluding carboxylic acids is 1. The van der Waals surface area contributed by atoms with Gasteiger partial charge in [-0.05, 0) is 30.5 Å². The molecule has 0 radical (unpaired) electrons. The number of hydrogen-bond donors (Lipinski definition) is 1. The molecular weight excluding hydrogens is 338 g/mol. The van der Waals surface area contributed by atoms with Crippen LogP contribution >= 0.6 is 0 Å². The maximum atomic E-state index is 13.9. The Morgan fingerprint density at radius 3 is 2.36 bits per heavy atom. The molecule has 7 heteroatoms. The van der Waals surface area contributed by atoms with Crippen LogP contribution in [0.15, 0.2) is 18.2 Å². The summed E-state index contributed by atoms with van der Waals surface area (Å²) in [7, 11) is 0. The lowest BCUT2D eigenvalue weighted by molar-refractivity contribution is -0.140. The van der Waals surface area contributed by atoms with Gasteiger partial charge in [0.25, 0.3) is 0 Å². The zero-order chi connectivity index (χ0) is 18.8. The Morgan fingerprint density at radius 1 is 1.28 bits per heavy atom. The highest BCUT2D eigenvalue weighted by atomic mass is 19.4. The Kier molecular flexibility index (Phi) is 6.21. The molecular formula is C18H23F4NO2. The summed E-state index contributed by atoms with van der Waals surface area (Å²) in [5.41, 5.74) is -1.07. The molecule has 1 N–H and O–H groups in total. The van der Waals surface area contributed by atoms with Gasteiger partial charge in [-0.15, -0.1) is 0 Å². The van der Waals surface area contributed by atoms with Gasteiger partial charge in [0.1, 0.15) is 11.6 Å². The van der Waals surface area contributed by atoms with Gasteiger partial charge in [-0.3, -0.25) is 4.79 Å². The van der Waals surface area contributed by atoms with Crippen LogP contribution in [0.1, 0.15) is 43.7 Å². The Bertz CT molecular complexity index is 608. The van der Waals surface area contributed by atoms with E-state index in [0.717, 1.165) is 6.07 Å². The number of hydrogen-bond acceptors (Lipinski definition) is 3. The molecule has 1 aliphatic heterocycles. The fourth-order valence-corrected chi connectivity index (χ4v) is 3.10. The minimum atomic E-state index is -4.76. The van der Waals surface area contributed by atoms with E-state index in [2.05, 4.69) is 0 Å². The maximum Gasteiger partial charge on any atom is 0.419 e. The maximum absolute atomic E-state index is 13.9. The summed E-state index contributed by atoms with van der Waals surface area (Å²) in [5.74, 6) is -2.50. The molecule has 1 fully saturated rings. The van der Waals surface area contributed by atoms with E-state index in [4.69, 9.17) is 0 Å². The SMILES string of the molecule is CC(C)C(=O)[C@H](CN1CCC(O)CC1)c1ccc(C(F)(F)F)c(F)c1. The molecule has 1 atom stereocenters. The molecule has 2 rings (SSSR count). The summed E-state index contributed by atoms with van der Waals surface area (Å²) in [6.07, 6.45) is -3.95. The van der Waals surface area contributed by atoms with Gasteiger partial charge in [0.2, 0.25) is 0 Å². The van der Waals surface area contributed by atoms with Gasteiger partial charge in [0, 0.05) is 25.6 Å².